The minimum absolute atomic E-state index is 0.00148. The molecule has 2 aromatic carbocycles. The number of piperidine rings is 1. The van der Waals surface area contributed by atoms with Crippen molar-refractivity contribution in [3.8, 4) is 11.5 Å². The van der Waals surface area contributed by atoms with Crippen LogP contribution in [-0.2, 0) is 11.2 Å². The van der Waals surface area contributed by atoms with Crippen LogP contribution in [0.3, 0.4) is 0 Å². The van der Waals surface area contributed by atoms with Crippen molar-refractivity contribution < 1.29 is 19.1 Å². The van der Waals surface area contributed by atoms with Crippen molar-refractivity contribution in [2.24, 2.45) is 5.92 Å². The van der Waals surface area contributed by atoms with E-state index < -0.39 is 0 Å². The first-order valence-corrected chi connectivity index (χ1v) is 10.8. The molecule has 0 atom stereocenters. The minimum Gasteiger partial charge on any atom is -0.493 e. The fraction of sp³-hybridized carbons (Fsp3) is 0.440. The van der Waals surface area contributed by atoms with E-state index in [2.05, 4.69) is 30.4 Å². The Kier molecular flexibility index (Phi) is 7.93. The Morgan fingerprint density at radius 3 is 2.45 bits per heavy atom. The third kappa shape index (κ3) is 6.23. The lowest BCUT2D eigenvalue weighted by molar-refractivity contribution is -0.121. The number of carbonyl (C=O) groups is 2. The van der Waals surface area contributed by atoms with Gasteiger partial charge >= 0.3 is 0 Å². The number of carbonyl (C=O) groups excluding carboxylic acids is 2. The van der Waals surface area contributed by atoms with Gasteiger partial charge in [-0.1, -0.05) is 29.8 Å². The number of rotatable bonds is 8. The molecule has 1 N–H and O–H groups in total. The molecule has 6 nitrogen and oxygen atoms in total. The van der Waals surface area contributed by atoms with Crippen molar-refractivity contribution in [2.75, 3.05) is 33.9 Å². The highest BCUT2D eigenvalue weighted by atomic mass is 16.5. The summed E-state index contributed by atoms with van der Waals surface area (Å²) >= 11 is 0. The molecule has 0 aliphatic carbocycles. The molecule has 2 aromatic rings. The molecule has 0 bridgehead atoms. The summed E-state index contributed by atoms with van der Waals surface area (Å²) in [7, 11) is 3.14. The second-order valence-corrected chi connectivity index (χ2v) is 8.10. The van der Waals surface area contributed by atoms with Gasteiger partial charge in [0.15, 0.2) is 11.5 Å². The molecule has 1 saturated heterocycles. The summed E-state index contributed by atoms with van der Waals surface area (Å²) < 4.78 is 10.5. The van der Waals surface area contributed by atoms with Gasteiger partial charge in [0.25, 0.3) is 5.91 Å². The van der Waals surface area contributed by atoms with Crippen LogP contribution in [0.1, 0.15) is 40.7 Å². The van der Waals surface area contributed by atoms with Gasteiger partial charge < -0.3 is 19.7 Å². The Hall–Kier alpha value is -3.02. The lowest BCUT2D eigenvalue weighted by Gasteiger charge is -2.32. The zero-order chi connectivity index (χ0) is 22.2. The zero-order valence-electron chi connectivity index (χ0n) is 18.6. The molecule has 0 saturated carbocycles. The predicted octanol–water partition coefficient (Wildman–Crippen LogP) is 3.61. The highest BCUT2D eigenvalue weighted by Crippen LogP contribution is 2.28. The number of methoxy groups -OCH3 is 2. The molecule has 2 amide bonds. The van der Waals surface area contributed by atoms with E-state index in [0.717, 1.165) is 19.3 Å². The molecule has 0 radical (unpaired) electrons. The minimum atomic E-state index is 0.00148. The van der Waals surface area contributed by atoms with Crippen LogP contribution < -0.4 is 14.8 Å². The van der Waals surface area contributed by atoms with Crippen molar-refractivity contribution in [2.45, 2.75) is 32.6 Å². The largest absolute Gasteiger partial charge is 0.493 e. The quantitative estimate of drug-likeness (QED) is 0.703. The Balaban J connectivity index is 1.42. The number of nitrogens with one attached hydrogen (secondary N) is 1. The van der Waals surface area contributed by atoms with Gasteiger partial charge in [0.05, 0.1) is 14.2 Å². The number of benzene rings is 2. The molecule has 1 fully saturated rings. The SMILES string of the molecule is COc1ccc(C(=O)N2CCC(CNC(=O)CCc3cccc(C)c3)CC2)cc1OC. The summed E-state index contributed by atoms with van der Waals surface area (Å²) in [6.07, 6.45) is 3.03. The number of aryl methyl sites for hydroxylation is 2. The topological polar surface area (TPSA) is 67.9 Å². The van der Waals surface area contributed by atoms with Crippen molar-refractivity contribution in [1.29, 1.82) is 0 Å². The number of ether oxygens (including phenoxy) is 2. The van der Waals surface area contributed by atoms with E-state index in [1.54, 1.807) is 32.4 Å². The second kappa shape index (κ2) is 10.8. The fourth-order valence-electron chi connectivity index (χ4n) is 3.96. The van der Waals surface area contributed by atoms with Gasteiger partial charge in [0.2, 0.25) is 5.91 Å². The molecular weight excluding hydrogens is 392 g/mol. The van der Waals surface area contributed by atoms with Gasteiger partial charge in [-0.15, -0.1) is 0 Å². The van der Waals surface area contributed by atoms with Crippen molar-refractivity contribution in [1.82, 2.24) is 10.2 Å². The van der Waals surface area contributed by atoms with Gasteiger partial charge in [-0.05, 0) is 55.9 Å². The third-order valence-electron chi connectivity index (χ3n) is 5.84. The highest BCUT2D eigenvalue weighted by Gasteiger charge is 2.24. The molecule has 1 aliphatic heterocycles. The zero-order valence-corrected chi connectivity index (χ0v) is 18.6. The molecule has 1 aliphatic rings. The number of amides is 2. The van der Waals surface area contributed by atoms with Crippen LogP contribution in [0.2, 0.25) is 0 Å². The summed E-state index contributed by atoms with van der Waals surface area (Å²) in [5, 5.41) is 3.07. The molecule has 0 aromatic heterocycles. The van der Waals surface area contributed by atoms with Crippen molar-refractivity contribution >= 4 is 11.8 Å². The first-order valence-electron chi connectivity index (χ1n) is 10.8. The predicted molar refractivity (Wildman–Crippen MR) is 121 cm³/mol. The van der Waals surface area contributed by atoms with E-state index in [1.165, 1.54) is 11.1 Å². The lowest BCUT2D eigenvalue weighted by atomic mass is 9.96. The Morgan fingerprint density at radius 1 is 1.03 bits per heavy atom. The van der Waals surface area contributed by atoms with Crippen LogP contribution in [0.25, 0.3) is 0 Å². The monoisotopic (exact) mass is 424 g/mol. The normalized spacial score (nSPS) is 14.2. The number of nitrogens with zero attached hydrogens (tertiary/aromatic N) is 1. The molecule has 166 valence electrons. The third-order valence-corrected chi connectivity index (χ3v) is 5.84. The molecule has 31 heavy (non-hydrogen) atoms. The van der Waals surface area contributed by atoms with Crippen molar-refractivity contribution in [3.05, 3.63) is 59.2 Å². The van der Waals surface area contributed by atoms with E-state index in [1.807, 2.05) is 11.0 Å². The average Bonchev–Trinajstić information content (AvgIpc) is 2.80. The van der Waals surface area contributed by atoms with Crippen LogP contribution in [0, 0.1) is 12.8 Å². The summed E-state index contributed by atoms with van der Waals surface area (Å²) in [6.45, 7) is 4.12. The Morgan fingerprint density at radius 2 is 1.77 bits per heavy atom. The summed E-state index contributed by atoms with van der Waals surface area (Å²) in [4.78, 5) is 26.9. The van der Waals surface area contributed by atoms with Gasteiger partial charge in [-0.25, -0.2) is 0 Å². The Bertz CT molecular complexity index is 904. The molecule has 0 unspecified atom stereocenters. The van der Waals surface area contributed by atoms with Crippen LogP contribution in [0.15, 0.2) is 42.5 Å². The van der Waals surface area contributed by atoms with Crippen molar-refractivity contribution in [3.63, 3.8) is 0 Å². The molecule has 1 heterocycles. The first-order chi connectivity index (χ1) is 15.0. The van der Waals surface area contributed by atoms with Crippen LogP contribution in [-0.4, -0.2) is 50.6 Å². The molecular formula is C25H32N2O4. The van der Waals surface area contributed by atoms with Gasteiger partial charge in [0.1, 0.15) is 0 Å². The van der Waals surface area contributed by atoms with E-state index >= 15 is 0 Å². The smallest absolute Gasteiger partial charge is 0.253 e. The van der Waals surface area contributed by atoms with Crippen LogP contribution in [0.4, 0.5) is 0 Å². The average molecular weight is 425 g/mol. The van der Waals surface area contributed by atoms with E-state index in [4.69, 9.17) is 9.47 Å². The molecule has 0 spiro atoms. The van der Waals surface area contributed by atoms with E-state index in [-0.39, 0.29) is 11.8 Å². The van der Waals surface area contributed by atoms with Gasteiger partial charge in [0, 0.05) is 31.6 Å². The highest BCUT2D eigenvalue weighted by molar-refractivity contribution is 5.95. The second-order valence-electron chi connectivity index (χ2n) is 8.10. The van der Waals surface area contributed by atoms with E-state index in [9.17, 15) is 9.59 Å². The molecule has 3 rings (SSSR count). The number of hydrogen-bond donors (Lipinski definition) is 1. The summed E-state index contributed by atoms with van der Waals surface area (Å²) in [5.41, 5.74) is 3.00. The van der Waals surface area contributed by atoms with Gasteiger partial charge in [-0.2, -0.15) is 0 Å². The Labute approximate surface area is 184 Å². The van der Waals surface area contributed by atoms with Gasteiger partial charge in [-0.3, -0.25) is 9.59 Å². The van der Waals surface area contributed by atoms with Crippen LogP contribution in [0.5, 0.6) is 11.5 Å². The maximum atomic E-state index is 12.8. The van der Waals surface area contributed by atoms with E-state index in [0.29, 0.717) is 49.0 Å². The maximum Gasteiger partial charge on any atom is 0.253 e. The summed E-state index contributed by atoms with van der Waals surface area (Å²) in [6, 6.07) is 13.5. The fourth-order valence-corrected chi connectivity index (χ4v) is 3.96. The standard InChI is InChI=1S/C25H32N2O4/c1-18-5-4-6-19(15-18)7-10-24(28)26-17-20-11-13-27(14-12-20)25(29)21-8-9-22(30-2)23(16-21)31-3/h4-6,8-9,15-16,20H,7,10-14,17H2,1-3H3,(H,26,28). The molecule has 6 heteroatoms. The van der Waals surface area contributed by atoms with Crippen LogP contribution >= 0.6 is 0 Å². The summed E-state index contributed by atoms with van der Waals surface area (Å²) in [5.74, 6) is 1.65. The number of hydrogen-bond acceptors (Lipinski definition) is 4. The first kappa shape index (κ1) is 22.7. The lowest BCUT2D eigenvalue weighted by Crippen LogP contribution is -2.41. The number of likely N-dealkylation sites (tertiary alicyclic amines) is 1. The maximum absolute atomic E-state index is 12.8.